The third kappa shape index (κ3) is 2.94. The zero-order valence-corrected chi connectivity index (χ0v) is 13.4. The van der Waals surface area contributed by atoms with Crippen molar-refractivity contribution < 1.29 is 4.79 Å². The molecule has 0 N–H and O–H groups in total. The number of carbonyl (C=O) groups is 1. The van der Waals surface area contributed by atoms with Crippen LogP contribution in [0.3, 0.4) is 0 Å². The van der Waals surface area contributed by atoms with E-state index >= 15 is 0 Å². The Hall–Kier alpha value is -0.790. The van der Waals surface area contributed by atoms with Crippen molar-refractivity contribution in [3.63, 3.8) is 0 Å². The van der Waals surface area contributed by atoms with Gasteiger partial charge >= 0.3 is 0 Å². The molecular weight excluding hydrogens is 246 g/mol. The van der Waals surface area contributed by atoms with Crippen molar-refractivity contribution in [2.75, 3.05) is 13.1 Å². The van der Waals surface area contributed by atoms with Gasteiger partial charge in [-0.2, -0.15) is 0 Å². The fourth-order valence-corrected chi connectivity index (χ4v) is 4.33. The molecule has 114 valence electrons. The summed E-state index contributed by atoms with van der Waals surface area (Å²) in [5.74, 6) is 2.06. The minimum absolute atomic E-state index is 0.191. The van der Waals surface area contributed by atoms with E-state index in [4.69, 9.17) is 0 Å². The molecule has 1 aliphatic carbocycles. The van der Waals surface area contributed by atoms with Crippen molar-refractivity contribution in [3.05, 3.63) is 12.7 Å². The van der Waals surface area contributed by atoms with Gasteiger partial charge in [0.05, 0.1) is 5.41 Å². The maximum Gasteiger partial charge on any atom is 0.229 e. The van der Waals surface area contributed by atoms with Gasteiger partial charge in [-0.15, -0.1) is 6.58 Å². The monoisotopic (exact) mass is 277 g/mol. The lowest BCUT2D eigenvalue weighted by molar-refractivity contribution is -0.145. The molecule has 2 atom stereocenters. The second-order valence-electron chi connectivity index (χ2n) is 6.82. The number of rotatable bonds is 5. The quantitative estimate of drug-likeness (QED) is 0.682. The molecule has 1 saturated carbocycles. The Morgan fingerprint density at radius 1 is 1.20 bits per heavy atom. The molecule has 2 heteroatoms. The summed E-state index contributed by atoms with van der Waals surface area (Å²) in [5, 5.41) is 0. The van der Waals surface area contributed by atoms with Crippen LogP contribution < -0.4 is 0 Å². The summed E-state index contributed by atoms with van der Waals surface area (Å²) in [4.78, 5) is 15.2. The van der Waals surface area contributed by atoms with Crippen LogP contribution in [0.5, 0.6) is 0 Å². The van der Waals surface area contributed by atoms with Crippen LogP contribution in [0.1, 0.15) is 65.2 Å². The molecular formula is C18H31NO. The van der Waals surface area contributed by atoms with Crippen molar-refractivity contribution in [2.24, 2.45) is 17.3 Å². The Balaban J connectivity index is 2.06. The van der Waals surface area contributed by atoms with Crippen LogP contribution in [0.25, 0.3) is 0 Å². The van der Waals surface area contributed by atoms with Crippen LogP contribution in [-0.4, -0.2) is 23.9 Å². The maximum absolute atomic E-state index is 13.0. The third-order valence-electron chi connectivity index (χ3n) is 5.92. The zero-order chi connectivity index (χ0) is 14.6. The Morgan fingerprint density at radius 2 is 1.85 bits per heavy atom. The summed E-state index contributed by atoms with van der Waals surface area (Å²) in [6.45, 7) is 10.2. The topological polar surface area (TPSA) is 20.3 Å². The van der Waals surface area contributed by atoms with Crippen LogP contribution in [0.2, 0.25) is 0 Å². The number of piperidine rings is 1. The van der Waals surface area contributed by atoms with Crippen LogP contribution in [0.4, 0.5) is 0 Å². The van der Waals surface area contributed by atoms with Crippen molar-refractivity contribution >= 4 is 5.91 Å². The molecule has 2 unspecified atom stereocenters. The largest absolute Gasteiger partial charge is 0.342 e. The van der Waals surface area contributed by atoms with Gasteiger partial charge in [-0.05, 0) is 43.9 Å². The van der Waals surface area contributed by atoms with E-state index in [0.29, 0.717) is 5.91 Å². The molecule has 2 aliphatic rings. The molecule has 0 aromatic carbocycles. The van der Waals surface area contributed by atoms with E-state index in [1.807, 2.05) is 6.08 Å². The molecule has 1 saturated heterocycles. The van der Waals surface area contributed by atoms with Gasteiger partial charge in [-0.3, -0.25) is 4.79 Å². The molecule has 1 aliphatic heterocycles. The zero-order valence-electron chi connectivity index (χ0n) is 13.4. The van der Waals surface area contributed by atoms with E-state index in [1.165, 1.54) is 32.1 Å². The fourth-order valence-electron chi connectivity index (χ4n) is 4.33. The molecule has 0 aromatic rings. The number of amides is 1. The number of hydrogen-bond acceptors (Lipinski definition) is 1. The summed E-state index contributed by atoms with van der Waals surface area (Å²) in [6.07, 6.45) is 11.3. The van der Waals surface area contributed by atoms with Crippen molar-refractivity contribution in [3.8, 4) is 0 Å². The second-order valence-corrected chi connectivity index (χ2v) is 6.82. The first kappa shape index (κ1) is 15.6. The predicted octanol–water partition coefficient (Wildman–Crippen LogP) is 4.41. The summed E-state index contributed by atoms with van der Waals surface area (Å²) in [7, 11) is 0. The van der Waals surface area contributed by atoms with Gasteiger partial charge in [-0.25, -0.2) is 0 Å². The van der Waals surface area contributed by atoms with Crippen molar-refractivity contribution in [1.82, 2.24) is 4.90 Å². The Kier molecular flexibility index (Phi) is 5.29. The van der Waals surface area contributed by atoms with Gasteiger partial charge in [0.15, 0.2) is 0 Å². The predicted molar refractivity (Wildman–Crippen MR) is 84.5 cm³/mol. The first-order valence-corrected chi connectivity index (χ1v) is 8.57. The van der Waals surface area contributed by atoms with E-state index in [0.717, 1.165) is 44.2 Å². The highest BCUT2D eigenvalue weighted by molar-refractivity contribution is 5.83. The Labute approximate surface area is 124 Å². The van der Waals surface area contributed by atoms with Gasteiger partial charge in [-0.1, -0.05) is 39.2 Å². The lowest BCUT2D eigenvalue weighted by Gasteiger charge is -2.44. The molecule has 2 nitrogen and oxygen atoms in total. The molecule has 2 rings (SSSR count). The van der Waals surface area contributed by atoms with Crippen LogP contribution >= 0.6 is 0 Å². The van der Waals surface area contributed by atoms with Crippen LogP contribution in [-0.2, 0) is 4.79 Å². The average molecular weight is 277 g/mol. The number of fused-ring (bicyclic) bond motifs is 1. The molecule has 2 fully saturated rings. The summed E-state index contributed by atoms with van der Waals surface area (Å²) < 4.78 is 0. The van der Waals surface area contributed by atoms with Gasteiger partial charge in [0.2, 0.25) is 5.91 Å². The molecule has 0 spiro atoms. The molecule has 1 amide bonds. The Bertz CT molecular complexity index is 345. The number of allylic oxidation sites excluding steroid dienone is 1. The average Bonchev–Trinajstić information content (AvgIpc) is 2.51. The smallest absolute Gasteiger partial charge is 0.229 e. The molecule has 0 radical (unpaired) electrons. The summed E-state index contributed by atoms with van der Waals surface area (Å²) in [5.41, 5.74) is -0.191. The van der Waals surface area contributed by atoms with E-state index in [2.05, 4.69) is 25.3 Å². The number of nitrogens with zero attached hydrogens (tertiary/aromatic N) is 1. The van der Waals surface area contributed by atoms with Crippen LogP contribution in [0, 0.1) is 17.3 Å². The van der Waals surface area contributed by atoms with E-state index in [-0.39, 0.29) is 5.41 Å². The molecule has 0 bridgehead atoms. The summed E-state index contributed by atoms with van der Waals surface area (Å²) >= 11 is 0. The first-order chi connectivity index (χ1) is 9.66. The van der Waals surface area contributed by atoms with E-state index < -0.39 is 0 Å². The third-order valence-corrected chi connectivity index (χ3v) is 5.92. The minimum atomic E-state index is -0.191. The highest BCUT2D eigenvalue weighted by atomic mass is 16.2. The van der Waals surface area contributed by atoms with E-state index in [1.54, 1.807) is 0 Å². The normalized spacial score (nSPS) is 27.0. The van der Waals surface area contributed by atoms with Gasteiger partial charge in [0, 0.05) is 13.1 Å². The minimum Gasteiger partial charge on any atom is -0.342 e. The lowest BCUT2D eigenvalue weighted by Crippen LogP contribution is -2.50. The van der Waals surface area contributed by atoms with E-state index in [9.17, 15) is 4.79 Å². The van der Waals surface area contributed by atoms with Gasteiger partial charge in [0.25, 0.3) is 0 Å². The SMILES string of the molecule is C=CCC(CC)(CC)C(=O)N1CCC2CCCCC2C1. The van der Waals surface area contributed by atoms with Crippen molar-refractivity contribution in [1.29, 1.82) is 0 Å². The van der Waals surface area contributed by atoms with Gasteiger partial charge < -0.3 is 4.90 Å². The number of likely N-dealkylation sites (tertiary alicyclic amines) is 1. The maximum atomic E-state index is 13.0. The molecule has 20 heavy (non-hydrogen) atoms. The molecule has 1 heterocycles. The second kappa shape index (κ2) is 6.78. The highest BCUT2D eigenvalue weighted by Gasteiger charge is 2.40. The summed E-state index contributed by atoms with van der Waals surface area (Å²) in [6, 6.07) is 0. The number of carbonyl (C=O) groups excluding carboxylic acids is 1. The standard InChI is InChI=1S/C18H31NO/c1-4-12-18(5-2,6-3)17(20)19-13-11-15-9-7-8-10-16(15)14-19/h4,15-16H,1,5-14H2,2-3H3. The van der Waals surface area contributed by atoms with Gasteiger partial charge in [0.1, 0.15) is 0 Å². The fraction of sp³-hybridized carbons (Fsp3) is 0.833. The molecule has 0 aromatic heterocycles. The highest BCUT2D eigenvalue weighted by Crippen LogP contribution is 2.39. The van der Waals surface area contributed by atoms with Crippen molar-refractivity contribution in [2.45, 2.75) is 65.2 Å². The van der Waals surface area contributed by atoms with Crippen LogP contribution in [0.15, 0.2) is 12.7 Å². The number of hydrogen-bond donors (Lipinski definition) is 0. The lowest BCUT2D eigenvalue weighted by atomic mass is 9.73. The first-order valence-electron chi connectivity index (χ1n) is 8.57. The Morgan fingerprint density at radius 3 is 2.45 bits per heavy atom.